The number of benzene rings is 2. The summed E-state index contributed by atoms with van der Waals surface area (Å²) in [6.07, 6.45) is 3.42. The zero-order chi connectivity index (χ0) is 23.8. The fourth-order valence-electron chi connectivity index (χ4n) is 3.30. The molecule has 0 unspecified atom stereocenters. The summed E-state index contributed by atoms with van der Waals surface area (Å²) >= 11 is 0. The van der Waals surface area contributed by atoms with Crippen molar-refractivity contribution in [1.82, 2.24) is 20.1 Å². The van der Waals surface area contributed by atoms with Crippen LogP contribution in [0, 0.1) is 0 Å². The highest BCUT2D eigenvalue weighted by Gasteiger charge is 2.10. The third-order valence-corrected chi connectivity index (χ3v) is 5.09. The van der Waals surface area contributed by atoms with Gasteiger partial charge in [-0.3, -0.25) is 14.6 Å². The smallest absolute Gasteiger partial charge is 0.267 e. The number of rotatable bonds is 9. The molecule has 0 atom stereocenters. The summed E-state index contributed by atoms with van der Waals surface area (Å²) < 4.78 is 12.5. The van der Waals surface area contributed by atoms with Gasteiger partial charge in [-0.1, -0.05) is 36.4 Å². The maximum Gasteiger partial charge on any atom is 0.267 e. The number of hydrogen-bond donors (Lipinski definition) is 1. The number of nitrogens with one attached hydrogen (secondary N) is 1. The monoisotopic (exact) mass is 456 g/mol. The Hall–Kier alpha value is -4.46. The van der Waals surface area contributed by atoms with Crippen LogP contribution in [0.3, 0.4) is 0 Å². The first-order valence-electron chi connectivity index (χ1n) is 10.7. The highest BCUT2D eigenvalue weighted by atomic mass is 16.5. The highest BCUT2D eigenvalue weighted by molar-refractivity contribution is 5.75. The maximum atomic E-state index is 12.5. The zero-order valence-electron chi connectivity index (χ0n) is 18.7. The van der Waals surface area contributed by atoms with E-state index in [0.717, 1.165) is 21.4 Å². The molecular formula is C26H24N4O4. The first-order chi connectivity index (χ1) is 16.6. The van der Waals surface area contributed by atoms with Crippen molar-refractivity contribution in [3.05, 3.63) is 107 Å². The Kier molecular flexibility index (Phi) is 7.29. The standard InChI is InChI=1S/C26H24N4O4/c1-33-24-15-20(7-9-23(24)34-18-19-11-13-27-14-12-19)16-28-25(31)17-30-26(32)10-8-22(29-30)21-5-3-2-4-6-21/h2-15H,16-18H2,1H3,(H,28,31). The summed E-state index contributed by atoms with van der Waals surface area (Å²) in [5.74, 6) is 0.842. The summed E-state index contributed by atoms with van der Waals surface area (Å²) in [6, 6.07) is 21.8. The van der Waals surface area contributed by atoms with Crippen molar-refractivity contribution in [2.45, 2.75) is 19.7 Å². The van der Waals surface area contributed by atoms with Gasteiger partial charge in [0.15, 0.2) is 11.5 Å². The van der Waals surface area contributed by atoms with E-state index in [4.69, 9.17) is 9.47 Å². The number of methoxy groups -OCH3 is 1. The Balaban J connectivity index is 1.37. The number of aromatic nitrogens is 3. The number of amides is 1. The topological polar surface area (TPSA) is 95.3 Å². The fourth-order valence-corrected chi connectivity index (χ4v) is 3.30. The summed E-state index contributed by atoms with van der Waals surface area (Å²) in [6.45, 7) is 0.482. The lowest BCUT2D eigenvalue weighted by Crippen LogP contribution is -2.33. The molecule has 0 aliphatic heterocycles. The van der Waals surface area contributed by atoms with Crippen molar-refractivity contribution in [2.75, 3.05) is 7.11 Å². The number of ether oxygens (including phenoxy) is 2. The quantitative estimate of drug-likeness (QED) is 0.416. The van der Waals surface area contributed by atoms with Gasteiger partial charge in [0.1, 0.15) is 13.2 Å². The van der Waals surface area contributed by atoms with Crippen LogP contribution in [0.4, 0.5) is 0 Å². The molecule has 2 aromatic carbocycles. The van der Waals surface area contributed by atoms with E-state index in [0.29, 0.717) is 23.8 Å². The molecule has 0 fully saturated rings. The van der Waals surface area contributed by atoms with Gasteiger partial charge >= 0.3 is 0 Å². The molecule has 4 aromatic rings. The van der Waals surface area contributed by atoms with Crippen molar-refractivity contribution in [1.29, 1.82) is 0 Å². The fraction of sp³-hybridized carbons (Fsp3) is 0.154. The van der Waals surface area contributed by atoms with Gasteiger partial charge in [-0.2, -0.15) is 5.10 Å². The number of carbonyl (C=O) groups excluding carboxylic acids is 1. The van der Waals surface area contributed by atoms with E-state index >= 15 is 0 Å². The van der Waals surface area contributed by atoms with Gasteiger partial charge in [-0.05, 0) is 41.5 Å². The van der Waals surface area contributed by atoms with Crippen molar-refractivity contribution < 1.29 is 14.3 Å². The lowest BCUT2D eigenvalue weighted by molar-refractivity contribution is -0.122. The van der Waals surface area contributed by atoms with Crippen molar-refractivity contribution in [3.8, 4) is 22.8 Å². The van der Waals surface area contributed by atoms with Crippen LogP contribution in [0.5, 0.6) is 11.5 Å². The molecule has 8 heteroatoms. The first kappa shape index (κ1) is 22.7. The van der Waals surface area contributed by atoms with Gasteiger partial charge < -0.3 is 14.8 Å². The molecule has 8 nitrogen and oxygen atoms in total. The largest absolute Gasteiger partial charge is 0.493 e. The lowest BCUT2D eigenvalue weighted by Gasteiger charge is -2.13. The highest BCUT2D eigenvalue weighted by Crippen LogP contribution is 2.28. The van der Waals surface area contributed by atoms with Crippen LogP contribution < -0.4 is 20.3 Å². The molecule has 0 aliphatic rings. The average molecular weight is 457 g/mol. The summed E-state index contributed by atoms with van der Waals surface area (Å²) in [5, 5.41) is 7.15. The lowest BCUT2D eigenvalue weighted by atomic mass is 10.1. The van der Waals surface area contributed by atoms with Crippen LogP contribution in [0.15, 0.2) is 90.0 Å². The predicted molar refractivity (Wildman–Crippen MR) is 127 cm³/mol. The second kappa shape index (κ2) is 10.9. The Bertz CT molecular complexity index is 1310. The molecule has 34 heavy (non-hydrogen) atoms. The van der Waals surface area contributed by atoms with Crippen LogP contribution in [0.2, 0.25) is 0 Å². The molecule has 0 bridgehead atoms. The van der Waals surface area contributed by atoms with Gasteiger partial charge in [-0.25, -0.2) is 4.68 Å². The average Bonchev–Trinajstić information content (AvgIpc) is 2.89. The van der Waals surface area contributed by atoms with E-state index in [1.165, 1.54) is 6.07 Å². The Morgan fingerprint density at radius 3 is 2.50 bits per heavy atom. The molecule has 0 saturated carbocycles. The van der Waals surface area contributed by atoms with Crippen molar-refractivity contribution in [2.24, 2.45) is 0 Å². The SMILES string of the molecule is COc1cc(CNC(=O)Cn2nc(-c3ccccc3)ccc2=O)ccc1OCc1ccncc1. The Morgan fingerprint density at radius 1 is 0.941 bits per heavy atom. The van der Waals surface area contributed by atoms with Crippen LogP contribution in [-0.4, -0.2) is 27.8 Å². The van der Waals surface area contributed by atoms with Gasteiger partial charge in [0, 0.05) is 30.6 Å². The van der Waals surface area contributed by atoms with E-state index in [1.54, 1.807) is 31.6 Å². The molecular weight excluding hydrogens is 432 g/mol. The van der Waals surface area contributed by atoms with E-state index in [9.17, 15) is 9.59 Å². The summed E-state index contributed by atoms with van der Waals surface area (Å²) in [5.41, 5.74) is 2.98. The molecule has 1 N–H and O–H groups in total. The minimum atomic E-state index is -0.341. The maximum absolute atomic E-state index is 12.5. The van der Waals surface area contributed by atoms with E-state index in [2.05, 4.69) is 15.4 Å². The molecule has 1 amide bonds. The van der Waals surface area contributed by atoms with Crippen LogP contribution in [-0.2, 0) is 24.5 Å². The molecule has 172 valence electrons. The van der Waals surface area contributed by atoms with Gasteiger partial charge in [0.2, 0.25) is 5.91 Å². The van der Waals surface area contributed by atoms with Gasteiger partial charge in [-0.15, -0.1) is 0 Å². The summed E-state index contributed by atoms with van der Waals surface area (Å²) in [4.78, 5) is 28.7. The van der Waals surface area contributed by atoms with Crippen molar-refractivity contribution >= 4 is 5.91 Å². The van der Waals surface area contributed by atoms with Crippen molar-refractivity contribution in [3.63, 3.8) is 0 Å². The second-order valence-corrected chi connectivity index (χ2v) is 7.49. The zero-order valence-corrected chi connectivity index (χ0v) is 18.7. The predicted octanol–water partition coefficient (Wildman–Crippen LogP) is 3.21. The van der Waals surface area contributed by atoms with E-state index in [-0.39, 0.29) is 24.6 Å². The van der Waals surface area contributed by atoms with Gasteiger partial charge in [0.25, 0.3) is 5.56 Å². The summed E-state index contributed by atoms with van der Waals surface area (Å²) in [7, 11) is 1.56. The van der Waals surface area contributed by atoms with E-state index < -0.39 is 0 Å². The molecule has 2 heterocycles. The van der Waals surface area contributed by atoms with Crippen LogP contribution in [0.25, 0.3) is 11.3 Å². The van der Waals surface area contributed by atoms with E-state index in [1.807, 2.05) is 54.6 Å². The molecule has 0 aliphatic carbocycles. The molecule has 0 spiro atoms. The Labute approximate surface area is 196 Å². The normalized spacial score (nSPS) is 10.5. The first-order valence-corrected chi connectivity index (χ1v) is 10.7. The molecule has 2 aromatic heterocycles. The molecule has 0 radical (unpaired) electrons. The third-order valence-electron chi connectivity index (χ3n) is 5.09. The second-order valence-electron chi connectivity index (χ2n) is 7.49. The van der Waals surface area contributed by atoms with Gasteiger partial charge in [0.05, 0.1) is 12.8 Å². The number of carbonyl (C=O) groups is 1. The molecule has 0 saturated heterocycles. The number of hydrogen-bond acceptors (Lipinski definition) is 6. The minimum absolute atomic E-state index is 0.177. The Morgan fingerprint density at radius 2 is 1.74 bits per heavy atom. The number of nitrogens with zero attached hydrogens (tertiary/aromatic N) is 3. The molecule has 4 rings (SSSR count). The van der Waals surface area contributed by atoms with Crippen LogP contribution >= 0.6 is 0 Å². The minimum Gasteiger partial charge on any atom is -0.493 e. The number of pyridine rings is 1. The van der Waals surface area contributed by atoms with Crippen LogP contribution in [0.1, 0.15) is 11.1 Å². The third kappa shape index (κ3) is 5.86.